The number of likely N-dealkylation sites (N-methyl/N-ethyl adjacent to an activating group) is 1. The molecular formula is C36H48FN5O2. The number of carbonyl (C=O) groups excluding carboxylic acids is 2. The molecule has 0 aromatic heterocycles. The number of amides is 1. The SMILES string of the molecule is C=N/N=C(/C)N(Cc1ccc(C)cc1)c1ccc(C)cc1.CCCCC(=O)N1CCN(C)C(C)C1.O=Cc1cccc(F)c1. The van der Waals surface area contributed by atoms with Crippen molar-refractivity contribution in [2.45, 2.75) is 66.5 Å². The van der Waals surface area contributed by atoms with E-state index in [1.165, 1.54) is 34.9 Å². The van der Waals surface area contributed by atoms with E-state index in [1.54, 1.807) is 6.07 Å². The van der Waals surface area contributed by atoms with Gasteiger partial charge in [-0.15, -0.1) is 5.10 Å². The summed E-state index contributed by atoms with van der Waals surface area (Å²) in [6, 6.07) is 23.0. The Labute approximate surface area is 263 Å². The fourth-order valence-electron chi connectivity index (χ4n) is 4.49. The van der Waals surface area contributed by atoms with Crippen molar-refractivity contribution >= 4 is 30.4 Å². The van der Waals surface area contributed by atoms with Crippen LogP contribution in [0.25, 0.3) is 0 Å². The first-order valence-corrected chi connectivity index (χ1v) is 15.2. The van der Waals surface area contributed by atoms with E-state index in [2.05, 4.69) is 110 Å². The summed E-state index contributed by atoms with van der Waals surface area (Å²) in [5.41, 5.74) is 5.21. The number of hydrogen-bond acceptors (Lipinski definition) is 5. The number of aldehydes is 1. The molecule has 44 heavy (non-hydrogen) atoms. The van der Waals surface area contributed by atoms with E-state index in [-0.39, 0.29) is 5.82 Å². The smallest absolute Gasteiger partial charge is 0.222 e. The van der Waals surface area contributed by atoms with Crippen molar-refractivity contribution in [3.05, 3.63) is 101 Å². The van der Waals surface area contributed by atoms with E-state index in [0.29, 0.717) is 23.8 Å². The molecule has 0 saturated carbocycles. The molecule has 1 saturated heterocycles. The van der Waals surface area contributed by atoms with Gasteiger partial charge in [0.25, 0.3) is 0 Å². The van der Waals surface area contributed by atoms with Gasteiger partial charge in [-0.3, -0.25) is 9.59 Å². The van der Waals surface area contributed by atoms with E-state index >= 15 is 0 Å². The van der Waals surface area contributed by atoms with Crippen LogP contribution in [-0.2, 0) is 11.3 Å². The zero-order valence-electron chi connectivity index (χ0n) is 27.2. The van der Waals surface area contributed by atoms with Crippen molar-refractivity contribution in [3.63, 3.8) is 0 Å². The van der Waals surface area contributed by atoms with E-state index in [1.807, 2.05) is 11.8 Å². The normalized spacial score (nSPS) is 14.8. The fraction of sp³-hybridized carbons (Fsp3) is 0.389. The van der Waals surface area contributed by atoms with Crippen LogP contribution in [0, 0.1) is 19.7 Å². The molecule has 0 radical (unpaired) electrons. The van der Waals surface area contributed by atoms with Gasteiger partial charge >= 0.3 is 0 Å². The fourth-order valence-corrected chi connectivity index (χ4v) is 4.49. The lowest BCUT2D eigenvalue weighted by atomic mass is 10.1. The zero-order chi connectivity index (χ0) is 32.5. The first-order valence-electron chi connectivity index (χ1n) is 15.2. The van der Waals surface area contributed by atoms with Crippen LogP contribution in [-0.4, -0.2) is 67.3 Å². The van der Waals surface area contributed by atoms with Crippen LogP contribution in [0.5, 0.6) is 0 Å². The van der Waals surface area contributed by atoms with Gasteiger partial charge in [0.2, 0.25) is 5.91 Å². The minimum Gasteiger partial charge on any atom is -0.340 e. The number of anilines is 1. The molecule has 236 valence electrons. The number of nitrogens with zero attached hydrogens (tertiary/aromatic N) is 5. The summed E-state index contributed by atoms with van der Waals surface area (Å²) >= 11 is 0. The molecule has 3 aromatic carbocycles. The molecule has 0 N–H and O–H groups in total. The van der Waals surface area contributed by atoms with Gasteiger partial charge in [0.1, 0.15) is 17.9 Å². The average Bonchev–Trinajstić information content (AvgIpc) is 3.02. The van der Waals surface area contributed by atoms with Gasteiger partial charge in [0.05, 0.1) is 0 Å². The maximum absolute atomic E-state index is 12.2. The molecule has 7 nitrogen and oxygen atoms in total. The number of piperazine rings is 1. The minimum atomic E-state index is -0.375. The van der Waals surface area contributed by atoms with Crippen molar-refractivity contribution in [3.8, 4) is 0 Å². The van der Waals surface area contributed by atoms with E-state index in [4.69, 9.17) is 0 Å². The lowest BCUT2D eigenvalue weighted by Crippen LogP contribution is -2.51. The maximum Gasteiger partial charge on any atom is 0.222 e. The number of amidine groups is 1. The second-order valence-electron chi connectivity index (χ2n) is 11.1. The summed E-state index contributed by atoms with van der Waals surface area (Å²) in [6.45, 7) is 17.5. The van der Waals surface area contributed by atoms with Crippen molar-refractivity contribution in [1.29, 1.82) is 0 Å². The Hall–Kier alpha value is -4.17. The molecule has 3 aromatic rings. The molecule has 1 aliphatic heterocycles. The predicted molar refractivity (Wildman–Crippen MR) is 181 cm³/mol. The third-order valence-electron chi connectivity index (χ3n) is 7.45. The van der Waals surface area contributed by atoms with Crippen LogP contribution in [0.3, 0.4) is 0 Å². The second kappa shape index (κ2) is 19.2. The Bertz CT molecular complexity index is 1340. The molecule has 0 spiro atoms. The maximum atomic E-state index is 12.2. The Balaban J connectivity index is 0.000000252. The Morgan fingerprint density at radius 2 is 1.68 bits per heavy atom. The first kappa shape index (κ1) is 36.0. The van der Waals surface area contributed by atoms with Gasteiger partial charge in [-0.1, -0.05) is 73.0 Å². The van der Waals surface area contributed by atoms with Gasteiger partial charge in [0.15, 0.2) is 0 Å². The highest BCUT2D eigenvalue weighted by molar-refractivity contribution is 5.95. The lowest BCUT2D eigenvalue weighted by molar-refractivity contribution is -0.133. The van der Waals surface area contributed by atoms with Gasteiger partial charge < -0.3 is 14.7 Å². The number of aryl methyl sites for hydroxylation is 2. The van der Waals surface area contributed by atoms with Crippen LogP contribution >= 0.6 is 0 Å². The highest BCUT2D eigenvalue weighted by Crippen LogP contribution is 2.19. The van der Waals surface area contributed by atoms with Gasteiger partial charge in [-0.05, 0) is 71.0 Å². The highest BCUT2D eigenvalue weighted by Gasteiger charge is 2.23. The number of unbranched alkanes of at least 4 members (excludes halogenated alkanes) is 1. The largest absolute Gasteiger partial charge is 0.340 e. The van der Waals surface area contributed by atoms with E-state index < -0.39 is 0 Å². The van der Waals surface area contributed by atoms with Crippen LogP contribution in [0.1, 0.15) is 67.1 Å². The molecule has 1 unspecified atom stereocenters. The first-order chi connectivity index (χ1) is 21.1. The van der Waals surface area contributed by atoms with Crippen molar-refractivity contribution in [2.24, 2.45) is 10.2 Å². The van der Waals surface area contributed by atoms with Crippen molar-refractivity contribution < 1.29 is 14.0 Å². The summed E-state index contributed by atoms with van der Waals surface area (Å²) in [5, 5.41) is 7.75. The quantitative estimate of drug-likeness (QED) is 0.117. The molecule has 1 aliphatic rings. The molecule has 4 rings (SSSR count). The topological polar surface area (TPSA) is 68.6 Å². The number of hydrogen-bond donors (Lipinski definition) is 0. The average molecular weight is 602 g/mol. The number of benzene rings is 3. The van der Waals surface area contributed by atoms with Crippen molar-refractivity contribution in [1.82, 2.24) is 9.80 Å². The van der Waals surface area contributed by atoms with Gasteiger partial charge in [-0.25, -0.2) is 4.39 Å². The van der Waals surface area contributed by atoms with E-state index in [0.717, 1.165) is 57.0 Å². The second-order valence-corrected chi connectivity index (χ2v) is 11.1. The minimum absolute atomic E-state index is 0.340. The van der Waals surface area contributed by atoms with Crippen LogP contribution in [0.15, 0.2) is 83.0 Å². The molecule has 1 atom stereocenters. The number of rotatable bonds is 8. The van der Waals surface area contributed by atoms with Crippen molar-refractivity contribution in [2.75, 3.05) is 31.6 Å². The summed E-state index contributed by atoms with van der Waals surface area (Å²) < 4.78 is 12.2. The van der Waals surface area contributed by atoms with Gasteiger partial charge in [-0.2, -0.15) is 5.10 Å². The number of carbonyl (C=O) groups is 2. The van der Waals surface area contributed by atoms with Crippen LogP contribution < -0.4 is 4.90 Å². The molecule has 1 heterocycles. The van der Waals surface area contributed by atoms with Gasteiger partial charge in [0, 0.05) is 56.6 Å². The standard InChI is InChI=1S/C18H21N3.C11H22N2O.C7H5FO/c1-14-5-9-17(10-6-14)13-21(16(3)20-19-4)18-11-7-15(2)8-12-18;1-4-5-6-11(14)13-8-7-12(3)10(2)9-13;8-7-3-1-2-6(4-7)5-9/h5-12H,4,13H2,1-3H3;10H,4-9H2,1-3H3;1-5H/b20-16-;;. The summed E-state index contributed by atoms with van der Waals surface area (Å²) in [5.74, 6) is 0.792. The number of halogens is 1. The third kappa shape index (κ3) is 12.6. The Kier molecular flexibility index (Phi) is 15.7. The zero-order valence-corrected chi connectivity index (χ0v) is 27.2. The molecule has 0 aliphatic carbocycles. The monoisotopic (exact) mass is 601 g/mol. The molecule has 1 fully saturated rings. The summed E-state index contributed by atoms with van der Waals surface area (Å²) in [4.78, 5) is 28.2. The molecular weight excluding hydrogens is 553 g/mol. The third-order valence-corrected chi connectivity index (χ3v) is 7.45. The Morgan fingerprint density at radius 1 is 1.05 bits per heavy atom. The molecule has 8 heteroatoms. The lowest BCUT2D eigenvalue weighted by Gasteiger charge is -2.37. The Morgan fingerprint density at radius 3 is 2.20 bits per heavy atom. The highest BCUT2D eigenvalue weighted by atomic mass is 19.1. The molecule has 1 amide bonds. The summed E-state index contributed by atoms with van der Waals surface area (Å²) in [7, 11) is 2.12. The van der Waals surface area contributed by atoms with Crippen LogP contribution in [0.2, 0.25) is 0 Å². The summed E-state index contributed by atoms with van der Waals surface area (Å²) in [6.07, 6.45) is 3.48. The van der Waals surface area contributed by atoms with E-state index in [9.17, 15) is 14.0 Å². The predicted octanol–water partition coefficient (Wildman–Crippen LogP) is 7.32. The van der Waals surface area contributed by atoms with Crippen LogP contribution in [0.4, 0.5) is 10.1 Å². The molecule has 0 bridgehead atoms.